The number of aliphatic hydroxyl groups is 1. The van der Waals surface area contributed by atoms with Crippen molar-refractivity contribution in [3.63, 3.8) is 0 Å². The van der Waals surface area contributed by atoms with E-state index in [1.165, 1.54) is 11.1 Å². The van der Waals surface area contributed by atoms with Crippen molar-refractivity contribution in [1.82, 2.24) is 19.6 Å². The summed E-state index contributed by atoms with van der Waals surface area (Å²) in [5, 5.41) is 13.7. The van der Waals surface area contributed by atoms with Gasteiger partial charge in [-0.15, -0.1) is 0 Å². The van der Waals surface area contributed by atoms with Crippen molar-refractivity contribution in [1.29, 1.82) is 0 Å². The minimum atomic E-state index is 0.252. The van der Waals surface area contributed by atoms with Gasteiger partial charge in [0.1, 0.15) is 0 Å². The zero-order valence-electron chi connectivity index (χ0n) is 15.9. The lowest BCUT2D eigenvalue weighted by Crippen LogP contribution is -2.53. The molecule has 1 unspecified atom stereocenters. The molecule has 2 heterocycles. The number of piperazine rings is 1. The molecular formula is C21H30N4O. The minimum Gasteiger partial charge on any atom is -0.396 e. The van der Waals surface area contributed by atoms with Crippen molar-refractivity contribution >= 4 is 0 Å². The average molecular weight is 354 g/mol. The maximum atomic E-state index is 9.44. The molecule has 0 amide bonds. The number of benzene rings is 1. The van der Waals surface area contributed by atoms with E-state index in [2.05, 4.69) is 59.1 Å². The Bertz CT molecular complexity index is 689. The maximum Gasteiger partial charge on any atom is 0.0645 e. The van der Waals surface area contributed by atoms with E-state index in [9.17, 15) is 5.11 Å². The van der Waals surface area contributed by atoms with Crippen LogP contribution in [0.25, 0.3) is 5.69 Å². The lowest BCUT2D eigenvalue weighted by molar-refractivity contribution is 0.0637. The van der Waals surface area contributed by atoms with Crippen molar-refractivity contribution in [2.75, 3.05) is 32.8 Å². The number of nitrogens with zero attached hydrogens (tertiary/aromatic N) is 4. The lowest BCUT2D eigenvalue weighted by Gasteiger charge is -2.41. The molecule has 2 aromatic rings. The fourth-order valence-electron chi connectivity index (χ4n) is 3.50. The third-order valence-corrected chi connectivity index (χ3v) is 5.00. The molecule has 0 saturated carbocycles. The number of aliphatic hydroxyl groups excluding tert-OH is 1. The number of rotatable bonds is 7. The standard InChI is InChI=1S/C21H30N4O/c1-18(2)8-12-24-14-13-23(17-21(24)9-15-26)16-19-4-6-20(7-5-19)25-11-3-10-22-25/h3-8,10-11,21,26H,9,12-17H2,1-2H3. The molecule has 3 rings (SSSR count). The summed E-state index contributed by atoms with van der Waals surface area (Å²) in [6.45, 7) is 9.62. The van der Waals surface area contributed by atoms with Crippen molar-refractivity contribution in [3.8, 4) is 5.69 Å². The van der Waals surface area contributed by atoms with Crippen LogP contribution in [0.4, 0.5) is 0 Å². The molecule has 140 valence electrons. The van der Waals surface area contributed by atoms with Crippen LogP contribution >= 0.6 is 0 Å². The van der Waals surface area contributed by atoms with Crippen LogP contribution in [0.3, 0.4) is 0 Å². The molecule has 1 aliphatic rings. The van der Waals surface area contributed by atoms with Crippen LogP contribution in [0, 0.1) is 0 Å². The second kappa shape index (κ2) is 9.12. The number of allylic oxidation sites excluding steroid dienone is 1. The average Bonchev–Trinajstić information content (AvgIpc) is 3.16. The summed E-state index contributed by atoms with van der Waals surface area (Å²) >= 11 is 0. The van der Waals surface area contributed by atoms with Crippen LogP contribution < -0.4 is 0 Å². The Labute approximate surface area is 156 Å². The predicted octanol–water partition coefficient (Wildman–Crippen LogP) is 2.71. The third-order valence-electron chi connectivity index (χ3n) is 5.00. The Balaban J connectivity index is 1.59. The van der Waals surface area contributed by atoms with E-state index in [0.717, 1.165) is 44.8 Å². The molecule has 26 heavy (non-hydrogen) atoms. The van der Waals surface area contributed by atoms with Crippen molar-refractivity contribution in [2.24, 2.45) is 0 Å². The van der Waals surface area contributed by atoms with Gasteiger partial charge in [0.25, 0.3) is 0 Å². The quantitative estimate of drug-likeness (QED) is 0.777. The van der Waals surface area contributed by atoms with Gasteiger partial charge < -0.3 is 5.11 Å². The number of hydrogen-bond donors (Lipinski definition) is 1. The molecule has 0 spiro atoms. The van der Waals surface area contributed by atoms with Crippen LogP contribution in [0.5, 0.6) is 0 Å². The first kappa shape index (κ1) is 18.8. The molecule has 5 heteroatoms. The molecular weight excluding hydrogens is 324 g/mol. The maximum absolute atomic E-state index is 9.44. The van der Waals surface area contributed by atoms with Crippen molar-refractivity contribution in [3.05, 3.63) is 59.9 Å². The van der Waals surface area contributed by atoms with E-state index >= 15 is 0 Å². The first-order valence-electron chi connectivity index (χ1n) is 9.45. The highest BCUT2D eigenvalue weighted by Gasteiger charge is 2.25. The summed E-state index contributed by atoms with van der Waals surface area (Å²) in [6.07, 6.45) is 6.88. The summed E-state index contributed by atoms with van der Waals surface area (Å²) in [6, 6.07) is 11.0. The molecule has 1 atom stereocenters. The Kier molecular flexibility index (Phi) is 6.61. The first-order valence-corrected chi connectivity index (χ1v) is 9.45. The van der Waals surface area contributed by atoms with E-state index < -0.39 is 0 Å². The first-order chi connectivity index (χ1) is 12.7. The van der Waals surface area contributed by atoms with E-state index in [1.54, 1.807) is 6.20 Å². The van der Waals surface area contributed by atoms with Crippen LogP contribution in [0.15, 0.2) is 54.4 Å². The van der Waals surface area contributed by atoms with E-state index in [-0.39, 0.29) is 6.61 Å². The predicted molar refractivity (Wildman–Crippen MR) is 105 cm³/mol. The molecule has 1 aromatic heterocycles. The van der Waals surface area contributed by atoms with Crippen LogP contribution in [0.1, 0.15) is 25.8 Å². The molecule has 5 nitrogen and oxygen atoms in total. The summed E-state index contributed by atoms with van der Waals surface area (Å²) in [5.74, 6) is 0. The molecule has 1 N–H and O–H groups in total. The summed E-state index contributed by atoms with van der Waals surface area (Å²) in [7, 11) is 0. The molecule has 1 fully saturated rings. The van der Waals surface area contributed by atoms with Gasteiger partial charge in [0.05, 0.1) is 5.69 Å². The second-order valence-electron chi connectivity index (χ2n) is 7.29. The molecule has 0 bridgehead atoms. The highest BCUT2D eigenvalue weighted by molar-refractivity contribution is 5.33. The largest absolute Gasteiger partial charge is 0.396 e. The summed E-state index contributed by atoms with van der Waals surface area (Å²) < 4.78 is 1.88. The molecule has 1 aromatic carbocycles. The van der Waals surface area contributed by atoms with Gasteiger partial charge >= 0.3 is 0 Å². The molecule has 0 radical (unpaired) electrons. The normalized spacial score (nSPS) is 18.8. The van der Waals surface area contributed by atoms with Crippen molar-refractivity contribution in [2.45, 2.75) is 32.9 Å². The van der Waals surface area contributed by atoms with Crippen LogP contribution in [-0.2, 0) is 6.54 Å². The van der Waals surface area contributed by atoms with Gasteiger partial charge in [0.2, 0.25) is 0 Å². The number of aromatic nitrogens is 2. The van der Waals surface area contributed by atoms with Crippen molar-refractivity contribution < 1.29 is 5.11 Å². The fourth-order valence-corrected chi connectivity index (χ4v) is 3.50. The van der Waals surface area contributed by atoms with Crippen LogP contribution in [0.2, 0.25) is 0 Å². The van der Waals surface area contributed by atoms with E-state index in [1.807, 2.05) is 16.9 Å². The van der Waals surface area contributed by atoms with E-state index in [0.29, 0.717) is 6.04 Å². The zero-order valence-corrected chi connectivity index (χ0v) is 15.9. The van der Waals surface area contributed by atoms with Gasteiger partial charge in [-0.05, 0) is 44.0 Å². The highest BCUT2D eigenvalue weighted by atomic mass is 16.3. The summed E-state index contributed by atoms with van der Waals surface area (Å²) in [4.78, 5) is 5.00. The third kappa shape index (κ3) is 5.04. The van der Waals surface area contributed by atoms with Gasteiger partial charge in [0, 0.05) is 57.8 Å². The molecule has 1 aliphatic heterocycles. The number of hydrogen-bond acceptors (Lipinski definition) is 4. The minimum absolute atomic E-state index is 0.252. The molecule has 1 saturated heterocycles. The Morgan fingerprint density at radius 2 is 2.04 bits per heavy atom. The van der Waals surface area contributed by atoms with Gasteiger partial charge in [0.15, 0.2) is 0 Å². The van der Waals surface area contributed by atoms with Gasteiger partial charge in [-0.25, -0.2) is 4.68 Å². The van der Waals surface area contributed by atoms with Gasteiger partial charge in [-0.1, -0.05) is 23.8 Å². The van der Waals surface area contributed by atoms with E-state index in [4.69, 9.17) is 0 Å². The lowest BCUT2D eigenvalue weighted by atomic mass is 10.1. The Hall–Kier alpha value is -1.95. The zero-order chi connectivity index (χ0) is 18.4. The van der Waals surface area contributed by atoms with Crippen LogP contribution in [-0.4, -0.2) is 63.5 Å². The van der Waals surface area contributed by atoms with Gasteiger partial charge in [-0.2, -0.15) is 5.10 Å². The monoisotopic (exact) mass is 354 g/mol. The SMILES string of the molecule is CC(C)=CCN1CCN(Cc2ccc(-n3cccn3)cc2)CC1CCO. The molecule has 0 aliphatic carbocycles. The van der Waals surface area contributed by atoms with Gasteiger partial charge in [-0.3, -0.25) is 9.80 Å². The fraction of sp³-hybridized carbons (Fsp3) is 0.476. The smallest absolute Gasteiger partial charge is 0.0645 e. The highest BCUT2D eigenvalue weighted by Crippen LogP contribution is 2.17. The second-order valence-corrected chi connectivity index (χ2v) is 7.29. The topological polar surface area (TPSA) is 44.5 Å². The Morgan fingerprint density at radius 1 is 1.23 bits per heavy atom. The summed E-state index contributed by atoms with van der Waals surface area (Å²) in [5.41, 5.74) is 3.76. The Morgan fingerprint density at radius 3 is 2.69 bits per heavy atom.